The Morgan fingerprint density at radius 1 is 0.939 bits per heavy atom. The summed E-state index contributed by atoms with van der Waals surface area (Å²) in [5.74, 6) is -0.110. The van der Waals surface area contributed by atoms with Crippen molar-refractivity contribution < 1.29 is 23.5 Å². The van der Waals surface area contributed by atoms with Crippen LogP contribution in [0.1, 0.15) is 17.3 Å². The van der Waals surface area contributed by atoms with Gasteiger partial charge < -0.3 is 20.1 Å². The molecule has 0 aliphatic heterocycles. The van der Waals surface area contributed by atoms with E-state index in [4.69, 9.17) is 9.47 Å². The maximum absolute atomic E-state index is 14.0. The lowest BCUT2D eigenvalue weighted by Crippen LogP contribution is -2.22. The zero-order valence-electron chi connectivity index (χ0n) is 18.1. The Hall–Kier alpha value is -3.04. The molecule has 6 nitrogen and oxygen atoms in total. The van der Waals surface area contributed by atoms with Crippen LogP contribution < -0.4 is 20.1 Å². The van der Waals surface area contributed by atoms with Crippen LogP contribution in [0.25, 0.3) is 0 Å². The van der Waals surface area contributed by atoms with Gasteiger partial charge >= 0.3 is 0 Å². The van der Waals surface area contributed by atoms with Crippen molar-refractivity contribution in [1.82, 2.24) is 0 Å². The zero-order valence-corrected chi connectivity index (χ0v) is 20.6. The minimum Gasteiger partial charge on any atom is -0.493 e. The minimum absolute atomic E-state index is 0.129. The summed E-state index contributed by atoms with van der Waals surface area (Å²) in [5, 5.41) is 4.97. The quantitative estimate of drug-likeness (QED) is 0.349. The van der Waals surface area contributed by atoms with Crippen molar-refractivity contribution in [3.05, 3.63) is 76.5 Å². The van der Waals surface area contributed by atoms with Gasteiger partial charge in [0.15, 0.2) is 11.5 Å². The molecule has 0 radical (unpaired) electrons. The number of rotatable bonds is 8. The number of thioether (sulfide) groups is 1. The lowest BCUT2D eigenvalue weighted by molar-refractivity contribution is -0.115. The lowest BCUT2D eigenvalue weighted by atomic mass is 10.2. The maximum atomic E-state index is 14.0. The third-order valence-corrected chi connectivity index (χ3v) is 6.23. The first-order valence-electron chi connectivity index (χ1n) is 9.86. The molecule has 9 heteroatoms. The van der Waals surface area contributed by atoms with E-state index in [1.54, 1.807) is 55.5 Å². The van der Waals surface area contributed by atoms with Crippen LogP contribution in [0, 0.1) is 5.82 Å². The van der Waals surface area contributed by atoms with Gasteiger partial charge in [0, 0.05) is 20.6 Å². The molecule has 0 spiro atoms. The van der Waals surface area contributed by atoms with Crippen molar-refractivity contribution in [2.75, 3.05) is 24.9 Å². The number of amides is 2. The van der Waals surface area contributed by atoms with Gasteiger partial charge in [-0.1, -0.05) is 15.9 Å². The predicted octanol–water partition coefficient (Wildman–Crippen LogP) is 5.98. The van der Waals surface area contributed by atoms with Gasteiger partial charge in [-0.15, -0.1) is 11.8 Å². The molecule has 3 aromatic carbocycles. The van der Waals surface area contributed by atoms with Gasteiger partial charge in [-0.05, 0) is 67.6 Å². The summed E-state index contributed by atoms with van der Waals surface area (Å²) in [7, 11) is 3.04. The molecule has 0 bridgehead atoms. The van der Waals surface area contributed by atoms with Gasteiger partial charge in [0.05, 0.1) is 25.2 Å². The molecular weight excluding hydrogens is 511 g/mol. The van der Waals surface area contributed by atoms with E-state index in [0.29, 0.717) is 27.2 Å². The Labute approximate surface area is 204 Å². The van der Waals surface area contributed by atoms with Crippen molar-refractivity contribution in [2.24, 2.45) is 0 Å². The largest absolute Gasteiger partial charge is 0.493 e. The number of hydrogen-bond acceptors (Lipinski definition) is 5. The number of halogens is 2. The maximum Gasteiger partial charge on any atom is 0.255 e. The number of carbonyl (C=O) groups is 2. The van der Waals surface area contributed by atoms with Gasteiger partial charge in [0.25, 0.3) is 5.91 Å². The molecule has 0 saturated heterocycles. The van der Waals surface area contributed by atoms with Crippen LogP contribution in [0.3, 0.4) is 0 Å². The van der Waals surface area contributed by atoms with Gasteiger partial charge in [-0.2, -0.15) is 0 Å². The van der Waals surface area contributed by atoms with E-state index in [0.717, 1.165) is 4.90 Å². The second-order valence-corrected chi connectivity index (χ2v) is 9.25. The molecule has 0 aliphatic carbocycles. The van der Waals surface area contributed by atoms with Crippen molar-refractivity contribution >= 4 is 50.9 Å². The first-order chi connectivity index (χ1) is 15.8. The molecule has 0 heterocycles. The molecule has 2 amide bonds. The van der Waals surface area contributed by atoms with Crippen LogP contribution >= 0.6 is 27.7 Å². The molecule has 3 aromatic rings. The van der Waals surface area contributed by atoms with Crippen molar-refractivity contribution in [1.29, 1.82) is 0 Å². The van der Waals surface area contributed by atoms with Crippen molar-refractivity contribution in [2.45, 2.75) is 17.1 Å². The summed E-state index contributed by atoms with van der Waals surface area (Å²) in [5.41, 5.74) is 1.16. The van der Waals surface area contributed by atoms with Crippen molar-refractivity contribution in [3.63, 3.8) is 0 Å². The van der Waals surface area contributed by atoms with E-state index in [-0.39, 0.29) is 17.5 Å². The second-order valence-electron chi connectivity index (χ2n) is 6.92. The van der Waals surface area contributed by atoms with Crippen LogP contribution in [0.15, 0.2) is 70.0 Å². The number of nitrogens with one attached hydrogen (secondary N) is 2. The Balaban J connectivity index is 1.59. The number of anilines is 2. The number of ether oxygens (including phenoxy) is 2. The van der Waals surface area contributed by atoms with Crippen molar-refractivity contribution in [3.8, 4) is 11.5 Å². The zero-order chi connectivity index (χ0) is 24.0. The van der Waals surface area contributed by atoms with Crippen LogP contribution in [0.5, 0.6) is 11.5 Å². The van der Waals surface area contributed by atoms with Gasteiger partial charge in [0.1, 0.15) is 5.82 Å². The molecule has 3 rings (SSSR count). The number of methoxy groups -OCH3 is 2. The summed E-state index contributed by atoms with van der Waals surface area (Å²) in [6, 6.07) is 16.5. The third-order valence-electron chi connectivity index (χ3n) is 4.63. The fourth-order valence-corrected chi connectivity index (χ4v) is 4.08. The van der Waals surface area contributed by atoms with E-state index < -0.39 is 11.1 Å². The van der Waals surface area contributed by atoms with E-state index in [9.17, 15) is 14.0 Å². The summed E-state index contributed by atoms with van der Waals surface area (Å²) >= 11 is 4.51. The topological polar surface area (TPSA) is 76.7 Å². The Morgan fingerprint density at radius 3 is 2.27 bits per heavy atom. The lowest BCUT2D eigenvalue weighted by Gasteiger charge is -2.13. The fourth-order valence-electron chi connectivity index (χ4n) is 2.88. The molecule has 0 aromatic heterocycles. The average molecular weight is 533 g/mol. The highest BCUT2D eigenvalue weighted by Crippen LogP contribution is 2.29. The Morgan fingerprint density at radius 2 is 1.64 bits per heavy atom. The van der Waals surface area contributed by atoms with Gasteiger partial charge in [0.2, 0.25) is 5.91 Å². The predicted molar refractivity (Wildman–Crippen MR) is 132 cm³/mol. The van der Waals surface area contributed by atoms with Crippen LogP contribution in [0.4, 0.5) is 15.8 Å². The first-order valence-corrected chi connectivity index (χ1v) is 11.5. The summed E-state index contributed by atoms with van der Waals surface area (Å²) in [6.07, 6.45) is 0. The molecule has 1 atom stereocenters. The Bertz CT molecular complexity index is 1160. The van der Waals surface area contributed by atoms with Crippen LogP contribution in [0.2, 0.25) is 0 Å². The van der Waals surface area contributed by atoms with E-state index >= 15 is 0 Å². The molecule has 33 heavy (non-hydrogen) atoms. The molecular formula is C24H22BrFN2O4S. The summed E-state index contributed by atoms with van der Waals surface area (Å²) in [6.45, 7) is 1.74. The number of benzene rings is 3. The number of carbonyl (C=O) groups excluding carboxylic acids is 2. The summed E-state index contributed by atoms with van der Waals surface area (Å²) < 4.78 is 25.0. The highest BCUT2D eigenvalue weighted by molar-refractivity contribution is 9.10. The molecule has 1 unspecified atom stereocenters. The molecule has 172 valence electrons. The SMILES string of the molecule is COc1ccc(C(=O)Nc2ccc(SC(C)C(=O)Nc3ccc(Br)cc3F)cc2)cc1OC. The normalized spacial score (nSPS) is 11.4. The Kier molecular flexibility index (Phi) is 8.35. The summed E-state index contributed by atoms with van der Waals surface area (Å²) in [4.78, 5) is 25.8. The molecule has 0 fully saturated rings. The molecule has 0 aliphatic rings. The second kappa shape index (κ2) is 11.2. The van der Waals surface area contributed by atoms with Gasteiger partial charge in [-0.3, -0.25) is 9.59 Å². The average Bonchev–Trinajstić information content (AvgIpc) is 2.81. The molecule has 0 saturated carbocycles. The third kappa shape index (κ3) is 6.49. The highest BCUT2D eigenvalue weighted by atomic mass is 79.9. The van der Waals surface area contributed by atoms with Crippen LogP contribution in [-0.2, 0) is 4.79 Å². The van der Waals surface area contributed by atoms with E-state index in [2.05, 4.69) is 26.6 Å². The van der Waals surface area contributed by atoms with Gasteiger partial charge in [-0.25, -0.2) is 4.39 Å². The minimum atomic E-state index is -0.510. The standard InChI is InChI=1S/C24H22BrFN2O4S/c1-14(23(29)28-20-10-5-16(25)13-19(20)26)33-18-8-6-17(7-9-18)27-24(30)15-4-11-21(31-2)22(12-15)32-3/h4-14H,1-3H3,(H,27,30)(H,28,29). The number of hydrogen-bond donors (Lipinski definition) is 2. The van der Waals surface area contributed by atoms with E-state index in [1.807, 2.05) is 0 Å². The monoisotopic (exact) mass is 532 g/mol. The first kappa shape index (κ1) is 24.6. The van der Waals surface area contributed by atoms with Crippen LogP contribution in [-0.4, -0.2) is 31.3 Å². The van der Waals surface area contributed by atoms with E-state index in [1.165, 1.54) is 38.1 Å². The fraction of sp³-hybridized carbons (Fsp3) is 0.167. The molecule has 2 N–H and O–H groups in total. The smallest absolute Gasteiger partial charge is 0.255 e. The highest BCUT2D eigenvalue weighted by Gasteiger charge is 2.17.